The van der Waals surface area contributed by atoms with E-state index in [1.807, 2.05) is 38.1 Å². The third-order valence-corrected chi connectivity index (χ3v) is 3.62. The number of hydrogen-bond donors (Lipinski definition) is 3. The molecular weight excluding hydrogens is 262 g/mol. The minimum atomic E-state index is -0.318. The van der Waals surface area contributed by atoms with Crippen LogP contribution in [0.2, 0.25) is 5.02 Å². The molecule has 0 aliphatic heterocycles. The van der Waals surface area contributed by atoms with E-state index >= 15 is 0 Å². The van der Waals surface area contributed by atoms with Crippen LogP contribution in [0.4, 0.5) is 0 Å². The van der Waals surface area contributed by atoms with Gasteiger partial charge in [0, 0.05) is 16.5 Å². The molecule has 0 bridgehead atoms. The molecule has 0 amide bonds. The van der Waals surface area contributed by atoms with Gasteiger partial charge in [-0.15, -0.1) is 0 Å². The van der Waals surface area contributed by atoms with Crippen molar-refractivity contribution >= 4 is 17.4 Å². The molecule has 1 rings (SSSR count). The van der Waals surface area contributed by atoms with Gasteiger partial charge in [-0.25, -0.2) is 0 Å². The van der Waals surface area contributed by atoms with Crippen molar-refractivity contribution in [1.82, 2.24) is 5.32 Å². The lowest BCUT2D eigenvalue weighted by atomic mass is 9.88. The van der Waals surface area contributed by atoms with E-state index in [-0.39, 0.29) is 17.3 Å². The molecule has 0 aromatic heterocycles. The summed E-state index contributed by atoms with van der Waals surface area (Å²) in [7, 11) is 0. The number of hydrogen-bond acceptors (Lipinski definition) is 3. The van der Waals surface area contributed by atoms with Gasteiger partial charge in [-0.3, -0.25) is 0 Å². The van der Waals surface area contributed by atoms with Crippen LogP contribution in [0, 0.1) is 5.41 Å². The van der Waals surface area contributed by atoms with Crippen molar-refractivity contribution in [1.29, 1.82) is 0 Å². The van der Waals surface area contributed by atoms with E-state index in [0.29, 0.717) is 0 Å². The molecule has 0 unspecified atom stereocenters. The molecular formula is C14H22ClN3O. The van der Waals surface area contributed by atoms with Gasteiger partial charge in [-0.2, -0.15) is 0 Å². The van der Waals surface area contributed by atoms with Crippen molar-refractivity contribution in [2.24, 2.45) is 16.3 Å². The van der Waals surface area contributed by atoms with E-state index in [2.05, 4.69) is 17.4 Å². The van der Waals surface area contributed by atoms with E-state index in [1.165, 1.54) is 5.56 Å². The fourth-order valence-corrected chi connectivity index (χ4v) is 1.86. The van der Waals surface area contributed by atoms with Crippen LogP contribution in [-0.4, -0.2) is 17.6 Å². The predicted octanol–water partition coefficient (Wildman–Crippen LogP) is 3.15. The van der Waals surface area contributed by atoms with E-state index < -0.39 is 0 Å². The van der Waals surface area contributed by atoms with Gasteiger partial charge in [0.25, 0.3) is 0 Å². The van der Waals surface area contributed by atoms with Crippen molar-refractivity contribution in [3.8, 4) is 0 Å². The molecule has 19 heavy (non-hydrogen) atoms. The summed E-state index contributed by atoms with van der Waals surface area (Å²) in [6.45, 7) is 6.79. The zero-order chi connectivity index (χ0) is 14.5. The SMILES string of the molecule is C[C@@H](NCCC(C)(C)/C(N)=N/O)c1ccc(Cl)cc1. The highest BCUT2D eigenvalue weighted by Gasteiger charge is 2.23. The summed E-state index contributed by atoms with van der Waals surface area (Å²) in [5, 5.41) is 15.9. The highest BCUT2D eigenvalue weighted by atomic mass is 35.5. The Morgan fingerprint density at radius 2 is 2.00 bits per heavy atom. The molecule has 106 valence electrons. The maximum Gasteiger partial charge on any atom is 0.144 e. The summed E-state index contributed by atoms with van der Waals surface area (Å²) >= 11 is 5.86. The quantitative estimate of drug-likeness (QED) is 0.325. The van der Waals surface area contributed by atoms with Crippen LogP contribution < -0.4 is 11.1 Å². The monoisotopic (exact) mass is 283 g/mol. The Morgan fingerprint density at radius 1 is 1.42 bits per heavy atom. The van der Waals surface area contributed by atoms with E-state index in [4.69, 9.17) is 22.5 Å². The lowest BCUT2D eigenvalue weighted by molar-refractivity contribution is 0.304. The lowest BCUT2D eigenvalue weighted by Gasteiger charge is -2.24. The summed E-state index contributed by atoms with van der Waals surface area (Å²) < 4.78 is 0. The highest BCUT2D eigenvalue weighted by Crippen LogP contribution is 2.21. The summed E-state index contributed by atoms with van der Waals surface area (Å²) in [6, 6.07) is 8.02. The van der Waals surface area contributed by atoms with Crippen molar-refractivity contribution in [3.05, 3.63) is 34.9 Å². The maximum atomic E-state index is 8.71. The smallest absolute Gasteiger partial charge is 0.144 e. The molecule has 0 aliphatic rings. The second-order valence-electron chi connectivity index (χ2n) is 5.35. The Labute approximate surface area is 119 Å². The standard InChI is InChI=1S/C14H22ClN3O/c1-10(11-4-6-12(15)7-5-11)17-9-8-14(2,3)13(16)18-19/h4-7,10,17,19H,8-9H2,1-3H3,(H2,16,18)/t10-/m1/s1. The van der Waals surface area contributed by atoms with Crippen LogP contribution in [0.15, 0.2) is 29.4 Å². The van der Waals surface area contributed by atoms with Gasteiger partial charge >= 0.3 is 0 Å². The molecule has 4 N–H and O–H groups in total. The molecule has 4 nitrogen and oxygen atoms in total. The fourth-order valence-electron chi connectivity index (χ4n) is 1.73. The third-order valence-electron chi connectivity index (χ3n) is 3.37. The molecule has 0 fully saturated rings. The predicted molar refractivity (Wildman–Crippen MR) is 79.7 cm³/mol. The Balaban J connectivity index is 2.47. The number of nitrogens with two attached hydrogens (primary N) is 1. The molecule has 5 heteroatoms. The van der Waals surface area contributed by atoms with Crippen LogP contribution in [0.5, 0.6) is 0 Å². The Morgan fingerprint density at radius 3 is 2.53 bits per heavy atom. The van der Waals surface area contributed by atoms with Crippen LogP contribution in [0.1, 0.15) is 38.8 Å². The number of halogens is 1. The van der Waals surface area contributed by atoms with E-state index in [0.717, 1.165) is 18.0 Å². The average molecular weight is 284 g/mol. The van der Waals surface area contributed by atoms with Crippen molar-refractivity contribution in [3.63, 3.8) is 0 Å². The second kappa shape index (κ2) is 6.78. The zero-order valence-electron chi connectivity index (χ0n) is 11.7. The summed E-state index contributed by atoms with van der Waals surface area (Å²) in [4.78, 5) is 0. The topological polar surface area (TPSA) is 70.6 Å². The normalized spacial score (nSPS) is 14.4. The second-order valence-corrected chi connectivity index (χ2v) is 5.78. The van der Waals surface area contributed by atoms with Gasteiger partial charge < -0.3 is 16.3 Å². The van der Waals surface area contributed by atoms with E-state index in [1.54, 1.807) is 0 Å². The van der Waals surface area contributed by atoms with Crippen LogP contribution in [-0.2, 0) is 0 Å². The van der Waals surface area contributed by atoms with Crippen molar-refractivity contribution < 1.29 is 5.21 Å². The first-order valence-electron chi connectivity index (χ1n) is 6.33. The molecule has 1 atom stereocenters. The van der Waals surface area contributed by atoms with Crippen LogP contribution in [0.25, 0.3) is 0 Å². The number of oxime groups is 1. The number of nitrogens with zero attached hydrogens (tertiary/aromatic N) is 1. The summed E-state index contributed by atoms with van der Waals surface area (Å²) in [5.74, 6) is 0.258. The summed E-state index contributed by atoms with van der Waals surface area (Å²) in [5.41, 5.74) is 6.52. The molecule has 0 heterocycles. The minimum Gasteiger partial charge on any atom is -0.409 e. The molecule has 0 radical (unpaired) electrons. The summed E-state index contributed by atoms with van der Waals surface area (Å²) in [6.07, 6.45) is 0.792. The fraction of sp³-hybridized carbons (Fsp3) is 0.500. The first-order valence-corrected chi connectivity index (χ1v) is 6.71. The maximum absolute atomic E-state index is 8.71. The molecule has 1 aromatic carbocycles. The molecule has 0 aliphatic carbocycles. The largest absolute Gasteiger partial charge is 0.409 e. The lowest BCUT2D eigenvalue weighted by Crippen LogP contribution is -2.35. The molecule has 0 saturated carbocycles. The number of amidine groups is 1. The zero-order valence-corrected chi connectivity index (χ0v) is 12.4. The van der Waals surface area contributed by atoms with Crippen molar-refractivity contribution in [2.45, 2.75) is 33.2 Å². The van der Waals surface area contributed by atoms with Gasteiger partial charge in [-0.1, -0.05) is 42.7 Å². The first kappa shape index (κ1) is 15.8. The van der Waals surface area contributed by atoms with Gasteiger partial charge in [0.15, 0.2) is 0 Å². The van der Waals surface area contributed by atoms with Gasteiger partial charge in [-0.05, 0) is 37.6 Å². The van der Waals surface area contributed by atoms with Crippen LogP contribution >= 0.6 is 11.6 Å². The Kier molecular flexibility index (Phi) is 5.63. The average Bonchev–Trinajstić information content (AvgIpc) is 2.38. The first-order chi connectivity index (χ1) is 8.86. The Bertz CT molecular complexity index is 429. The number of benzene rings is 1. The Hall–Kier alpha value is -1.26. The van der Waals surface area contributed by atoms with Crippen molar-refractivity contribution in [2.75, 3.05) is 6.54 Å². The molecule has 1 aromatic rings. The van der Waals surface area contributed by atoms with Gasteiger partial charge in [0.1, 0.15) is 5.84 Å². The number of rotatable bonds is 6. The molecule has 0 spiro atoms. The third kappa shape index (κ3) is 4.73. The van der Waals surface area contributed by atoms with Gasteiger partial charge in [0.05, 0.1) is 0 Å². The van der Waals surface area contributed by atoms with Crippen LogP contribution in [0.3, 0.4) is 0 Å². The highest BCUT2D eigenvalue weighted by molar-refractivity contribution is 6.30. The van der Waals surface area contributed by atoms with Gasteiger partial charge in [0.2, 0.25) is 0 Å². The molecule has 0 saturated heterocycles. The van der Waals surface area contributed by atoms with E-state index in [9.17, 15) is 0 Å². The number of nitrogens with one attached hydrogen (secondary N) is 1. The minimum absolute atomic E-state index is 0.236.